The van der Waals surface area contributed by atoms with Crippen molar-refractivity contribution in [2.75, 3.05) is 18.2 Å². The van der Waals surface area contributed by atoms with Gasteiger partial charge in [0.05, 0.1) is 12.9 Å². The van der Waals surface area contributed by atoms with E-state index < -0.39 is 0 Å². The largest absolute Gasteiger partial charge is 0.497 e. The number of H-pyrrole nitrogens is 1. The van der Waals surface area contributed by atoms with Gasteiger partial charge in [-0.1, -0.05) is 11.8 Å². The van der Waals surface area contributed by atoms with Crippen LogP contribution < -0.4 is 15.6 Å². The number of aromatic nitrogens is 4. The van der Waals surface area contributed by atoms with Crippen LogP contribution in [-0.2, 0) is 4.79 Å². The van der Waals surface area contributed by atoms with Crippen LogP contribution in [-0.4, -0.2) is 38.4 Å². The Morgan fingerprint density at radius 3 is 2.79 bits per heavy atom. The number of rotatable bonds is 5. The quantitative estimate of drug-likeness (QED) is 0.679. The third-order valence-corrected chi connectivity index (χ3v) is 4.20. The predicted octanol–water partition coefficient (Wildman–Crippen LogP) is 1.47. The van der Waals surface area contributed by atoms with E-state index in [-0.39, 0.29) is 17.2 Å². The Labute approximate surface area is 141 Å². The number of thioether (sulfide) groups is 1. The summed E-state index contributed by atoms with van der Waals surface area (Å²) in [6, 6.07) is 8.53. The lowest BCUT2D eigenvalue weighted by molar-refractivity contribution is -0.113. The van der Waals surface area contributed by atoms with E-state index in [1.807, 2.05) is 0 Å². The number of nitrogens with zero attached hydrogens (tertiary/aromatic N) is 3. The molecule has 9 heteroatoms. The summed E-state index contributed by atoms with van der Waals surface area (Å²) in [7, 11) is 1.59. The molecule has 0 atom stereocenters. The van der Waals surface area contributed by atoms with Crippen LogP contribution >= 0.6 is 11.8 Å². The second-order valence-electron chi connectivity index (χ2n) is 4.98. The van der Waals surface area contributed by atoms with Crippen LogP contribution in [0.4, 0.5) is 5.69 Å². The molecule has 0 aliphatic carbocycles. The summed E-state index contributed by atoms with van der Waals surface area (Å²) in [5.41, 5.74) is 1.16. The third kappa shape index (κ3) is 3.40. The second-order valence-corrected chi connectivity index (χ2v) is 5.92. The molecule has 1 amide bonds. The number of aryl methyl sites for hydroxylation is 1. The molecule has 0 spiro atoms. The van der Waals surface area contributed by atoms with Gasteiger partial charge in [0.2, 0.25) is 11.7 Å². The van der Waals surface area contributed by atoms with Crippen LogP contribution in [0, 0.1) is 6.92 Å². The molecule has 0 unspecified atom stereocenters. The monoisotopic (exact) mass is 345 g/mol. The lowest BCUT2D eigenvalue weighted by Gasteiger charge is -2.06. The van der Waals surface area contributed by atoms with Gasteiger partial charge >= 0.3 is 0 Å². The highest BCUT2D eigenvalue weighted by molar-refractivity contribution is 7.99. The number of amides is 1. The third-order valence-electron chi connectivity index (χ3n) is 3.27. The lowest BCUT2D eigenvalue weighted by atomic mass is 10.3. The summed E-state index contributed by atoms with van der Waals surface area (Å²) in [6.07, 6.45) is 0. The number of ether oxygens (including phenoxy) is 1. The highest BCUT2D eigenvalue weighted by Crippen LogP contribution is 2.18. The van der Waals surface area contributed by atoms with Gasteiger partial charge in [0.15, 0.2) is 5.16 Å². The molecular weight excluding hydrogens is 330 g/mol. The Kier molecular flexibility index (Phi) is 4.52. The number of benzene rings is 1. The number of carbonyl (C=O) groups is 1. The van der Waals surface area contributed by atoms with E-state index in [0.29, 0.717) is 22.3 Å². The van der Waals surface area contributed by atoms with Crippen LogP contribution in [0.15, 0.2) is 40.3 Å². The molecule has 3 aromatic rings. The number of methoxy groups -OCH3 is 1. The van der Waals surface area contributed by atoms with E-state index in [0.717, 1.165) is 5.75 Å². The van der Waals surface area contributed by atoms with Crippen molar-refractivity contribution < 1.29 is 9.53 Å². The van der Waals surface area contributed by atoms with E-state index in [9.17, 15) is 9.59 Å². The Hall–Kier alpha value is -2.81. The maximum atomic E-state index is 12.1. The minimum Gasteiger partial charge on any atom is -0.497 e. The van der Waals surface area contributed by atoms with Gasteiger partial charge in [-0.2, -0.15) is 0 Å². The van der Waals surface area contributed by atoms with Crippen LogP contribution in [0.25, 0.3) is 5.78 Å². The Morgan fingerprint density at radius 1 is 1.33 bits per heavy atom. The highest BCUT2D eigenvalue weighted by Gasteiger charge is 2.12. The molecule has 3 rings (SSSR count). The zero-order valence-corrected chi connectivity index (χ0v) is 13.9. The molecule has 0 radical (unpaired) electrons. The number of anilines is 1. The standard InChI is InChI=1S/C15H15N5O3S/c1-9-7-12(21)17-14-18-19-15(20(9)14)24-8-13(22)16-10-3-5-11(23-2)6-4-10/h3-7H,8H2,1-2H3,(H,16,22)(H,17,18,21). The van der Waals surface area contributed by atoms with Crippen molar-refractivity contribution >= 4 is 29.1 Å². The topological polar surface area (TPSA) is 101 Å². The fourth-order valence-corrected chi connectivity index (χ4v) is 2.95. The predicted molar refractivity (Wildman–Crippen MR) is 90.7 cm³/mol. The maximum absolute atomic E-state index is 12.1. The smallest absolute Gasteiger partial charge is 0.252 e. The number of hydrogen-bond acceptors (Lipinski definition) is 6. The van der Waals surface area contributed by atoms with E-state index in [1.54, 1.807) is 42.7 Å². The van der Waals surface area contributed by atoms with Gasteiger partial charge in [0, 0.05) is 17.4 Å². The van der Waals surface area contributed by atoms with E-state index in [1.165, 1.54) is 17.8 Å². The van der Waals surface area contributed by atoms with Crippen LogP contribution in [0.2, 0.25) is 0 Å². The average molecular weight is 345 g/mol. The molecule has 124 valence electrons. The molecule has 0 fully saturated rings. The Bertz CT molecular complexity index is 932. The van der Waals surface area contributed by atoms with Gasteiger partial charge in [-0.25, -0.2) is 0 Å². The molecular formula is C15H15N5O3S. The van der Waals surface area contributed by atoms with E-state index in [4.69, 9.17) is 4.74 Å². The zero-order chi connectivity index (χ0) is 17.1. The number of hydrogen-bond donors (Lipinski definition) is 2. The van der Waals surface area contributed by atoms with Crippen molar-refractivity contribution in [2.45, 2.75) is 12.1 Å². The number of nitrogens with one attached hydrogen (secondary N) is 2. The fourth-order valence-electron chi connectivity index (χ4n) is 2.16. The molecule has 0 bridgehead atoms. The summed E-state index contributed by atoms with van der Waals surface area (Å²) in [5, 5.41) is 11.3. The Morgan fingerprint density at radius 2 is 2.08 bits per heavy atom. The zero-order valence-electron chi connectivity index (χ0n) is 13.1. The fraction of sp³-hybridized carbons (Fsp3) is 0.200. The molecule has 2 heterocycles. The van der Waals surface area contributed by atoms with Crippen molar-refractivity contribution in [2.24, 2.45) is 0 Å². The molecule has 8 nitrogen and oxygen atoms in total. The van der Waals surface area contributed by atoms with Crippen LogP contribution in [0.3, 0.4) is 0 Å². The minimum atomic E-state index is -0.235. The van der Waals surface area contributed by atoms with Gasteiger partial charge in [-0.05, 0) is 31.2 Å². The molecule has 2 aromatic heterocycles. The second kappa shape index (κ2) is 6.75. The lowest BCUT2D eigenvalue weighted by Crippen LogP contribution is -2.14. The molecule has 1 aromatic carbocycles. The van der Waals surface area contributed by atoms with Gasteiger partial charge in [0.25, 0.3) is 5.56 Å². The van der Waals surface area contributed by atoms with Crippen molar-refractivity contribution in [3.63, 3.8) is 0 Å². The van der Waals surface area contributed by atoms with Crippen molar-refractivity contribution in [3.8, 4) is 5.75 Å². The number of aromatic amines is 1. The van der Waals surface area contributed by atoms with Crippen molar-refractivity contribution in [3.05, 3.63) is 46.4 Å². The van der Waals surface area contributed by atoms with Gasteiger partial charge < -0.3 is 10.1 Å². The molecule has 0 aliphatic rings. The summed E-state index contributed by atoms with van der Waals surface area (Å²) >= 11 is 1.24. The van der Waals surface area contributed by atoms with Gasteiger partial charge in [-0.3, -0.25) is 19.0 Å². The summed E-state index contributed by atoms with van der Waals surface area (Å²) in [4.78, 5) is 26.1. The molecule has 0 saturated heterocycles. The van der Waals surface area contributed by atoms with E-state index >= 15 is 0 Å². The molecule has 2 N–H and O–H groups in total. The molecule has 0 aliphatic heterocycles. The van der Waals surface area contributed by atoms with Gasteiger partial charge in [-0.15, -0.1) is 10.2 Å². The highest BCUT2D eigenvalue weighted by atomic mass is 32.2. The van der Waals surface area contributed by atoms with Crippen LogP contribution in [0.1, 0.15) is 5.69 Å². The first kappa shape index (κ1) is 16.1. The van der Waals surface area contributed by atoms with Gasteiger partial charge in [0.1, 0.15) is 5.75 Å². The van der Waals surface area contributed by atoms with E-state index in [2.05, 4.69) is 20.5 Å². The minimum absolute atomic E-state index is 0.163. The summed E-state index contributed by atoms with van der Waals surface area (Å²) < 4.78 is 6.77. The maximum Gasteiger partial charge on any atom is 0.252 e. The Balaban J connectivity index is 1.67. The first-order chi connectivity index (χ1) is 11.6. The van der Waals surface area contributed by atoms with Crippen molar-refractivity contribution in [1.82, 2.24) is 19.6 Å². The average Bonchev–Trinajstić information content (AvgIpc) is 2.97. The molecule has 0 saturated carbocycles. The SMILES string of the molecule is COc1ccc(NC(=O)CSc2nnc3[nH]c(=O)cc(C)n23)cc1. The summed E-state index contributed by atoms with van der Waals surface area (Å²) in [6.45, 7) is 1.78. The molecule has 24 heavy (non-hydrogen) atoms. The first-order valence-corrected chi connectivity index (χ1v) is 8.07. The number of carbonyl (C=O) groups excluding carboxylic acids is 1. The van der Waals surface area contributed by atoms with Crippen LogP contribution in [0.5, 0.6) is 5.75 Å². The summed E-state index contributed by atoms with van der Waals surface area (Å²) in [5.74, 6) is 1.09. The van der Waals surface area contributed by atoms with Crippen molar-refractivity contribution in [1.29, 1.82) is 0 Å². The number of fused-ring (bicyclic) bond motifs is 1. The first-order valence-electron chi connectivity index (χ1n) is 7.08. The normalized spacial score (nSPS) is 10.8.